The van der Waals surface area contributed by atoms with E-state index in [2.05, 4.69) is 15.5 Å². The number of nitrogens with zero attached hydrogens (tertiary/aromatic N) is 3. The maximum Gasteiger partial charge on any atom is 0.322 e. The molecule has 29 heavy (non-hydrogen) atoms. The van der Waals surface area contributed by atoms with Gasteiger partial charge in [-0.3, -0.25) is 0 Å². The summed E-state index contributed by atoms with van der Waals surface area (Å²) in [6.45, 7) is 0.612. The molecule has 2 aromatic carbocycles. The Hall–Kier alpha value is -3.06. The quantitative estimate of drug-likeness (QED) is 0.640. The zero-order chi connectivity index (χ0) is 20.2. The lowest BCUT2D eigenvalue weighted by molar-refractivity contribution is 0.142. The van der Waals surface area contributed by atoms with Gasteiger partial charge in [-0.1, -0.05) is 41.0 Å². The van der Waals surface area contributed by atoms with Crippen LogP contribution in [0.5, 0.6) is 5.75 Å². The number of hydrogen-bond acceptors (Lipinski definition) is 5. The molecule has 3 aromatic rings. The zero-order valence-electron chi connectivity index (χ0n) is 16.0. The summed E-state index contributed by atoms with van der Waals surface area (Å²) in [4.78, 5) is 19.3. The second-order valence-electron chi connectivity index (χ2n) is 6.80. The lowest BCUT2D eigenvalue weighted by Gasteiger charge is -2.33. The lowest BCUT2D eigenvalue weighted by Crippen LogP contribution is -2.41. The number of halogens is 1. The van der Waals surface area contributed by atoms with Gasteiger partial charge in [-0.25, -0.2) is 4.79 Å². The van der Waals surface area contributed by atoms with Crippen molar-refractivity contribution in [1.29, 1.82) is 0 Å². The van der Waals surface area contributed by atoms with Crippen molar-refractivity contribution in [3.63, 3.8) is 0 Å². The Morgan fingerprint density at radius 1 is 1.24 bits per heavy atom. The minimum atomic E-state index is -0.279. The molecule has 0 aliphatic carbocycles. The number of methoxy groups -OCH3 is 1. The summed E-state index contributed by atoms with van der Waals surface area (Å²) in [5.74, 6) is 1.49. The van der Waals surface area contributed by atoms with E-state index in [1.165, 1.54) is 0 Å². The second-order valence-corrected chi connectivity index (χ2v) is 7.24. The van der Waals surface area contributed by atoms with E-state index in [1.54, 1.807) is 36.3 Å². The minimum absolute atomic E-state index is 0.221. The van der Waals surface area contributed by atoms with E-state index < -0.39 is 0 Å². The molecule has 1 atom stereocenters. The fourth-order valence-electron chi connectivity index (χ4n) is 3.48. The Morgan fingerprint density at radius 3 is 2.93 bits per heavy atom. The highest BCUT2D eigenvalue weighted by Gasteiger charge is 2.32. The molecule has 1 N–H and O–H groups in total. The fourth-order valence-corrected chi connectivity index (χ4v) is 3.67. The average molecular weight is 413 g/mol. The molecule has 2 amide bonds. The molecule has 1 aromatic heterocycles. The molecule has 1 aliphatic rings. The van der Waals surface area contributed by atoms with Crippen LogP contribution in [-0.2, 0) is 0 Å². The third-order valence-electron chi connectivity index (χ3n) is 4.92. The summed E-state index contributed by atoms with van der Waals surface area (Å²) in [6.07, 6.45) is 2.67. The third kappa shape index (κ3) is 4.19. The van der Waals surface area contributed by atoms with Crippen LogP contribution >= 0.6 is 11.6 Å². The van der Waals surface area contributed by atoms with Crippen LogP contribution in [0.25, 0.3) is 11.4 Å². The molecular formula is C21H21ClN4O3. The highest BCUT2D eigenvalue weighted by Crippen LogP contribution is 2.33. The number of aromatic nitrogens is 2. The van der Waals surface area contributed by atoms with Crippen molar-refractivity contribution >= 4 is 23.3 Å². The largest absolute Gasteiger partial charge is 0.495 e. The predicted molar refractivity (Wildman–Crippen MR) is 110 cm³/mol. The van der Waals surface area contributed by atoms with Gasteiger partial charge >= 0.3 is 6.03 Å². The second kappa shape index (κ2) is 8.53. The molecule has 0 saturated carbocycles. The standard InChI is InChI=1S/C21H21ClN4O3/c1-28-18-11-3-2-9-16(18)23-21(27)26-12-5-4-10-17(26)20-24-19(25-29-20)14-7-6-8-15(22)13-14/h2-3,6-9,11,13,17H,4-5,10,12H2,1H3,(H,23,27). The number of urea groups is 1. The van der Waals surface area contributed by atoms with Gasteiger partial charge in [-0.2, -0.15) is 4.98 Å². The maximum atomic E-state index is 13.0. The van der Waals surface area contributed by atoms with E-state index >= 15 is 0 Å². The van der Waals surface area contributed by atoms with Gasteiger partial charge in [0.1, 0.15) is 11.8 Å². The average Bonchev–Trinajstić information content (AvgIpc) is 3.24. The molecule has 8 heteroatoms. The molecule has 0 radical (unpaired) electrons. The third-order valence-corrected chi connectivity index (χ3v) is 5.16. The number of hydrogen-bond donors (Lipinski definition) is 1. The van der Waals surface area contributed by atoms with E-state index in [4.69, 9.17) is 20.9 Å². The molecule has 150 valence electrons. The topological polar surface area (TPSA) is 80.5 Å². The first-order valence-corrected chi connectivity index (χ1v) is 9.83. The molecular weight excluding hydrogens is 392 g/mol. The Labute approximate surface area is 173 Å². The number of carbonyl (C=O) groups excluding carboxylic acids is 1. The van der Waals surface area contributed by atoms with Crippen molar-refractivity contribution in [2.45, 2.75) is 25.3 Å². The number of nitrogens with one attached hydrogen (secondary N) is 1. The van der Waals surface area contributed by atoms with Crippen molar-refractivity contribution in [3.05, 3.63) is 59.4 Å². The molecule has 4 rings (SSSR count). The molecule has 1 unspecified atom stereocenters. The smallest absolute Gasteiger partial charge is 0.322 e. The van der Waals surface area contributed by atoms with Crippen molar-refractivity contribution in [1.82, 2.24) is 15.0 Å². The van der Waals surface area contributed by atoms with E-state index in [1.807, 2.05) is 24.3 Å². The number of carbonyl (C=O) groups is 1. The van der Waals surface area contributed by atoms with Crippen molar-refractivity contribution in [2.75, 3.05) is 19.0 Å². The number of benzene rings is 2. The fraction of sp³-hybridized carbons (Fsp3) is 0.286. The van der Waals surface area contributed by atoms with Gasteiger partial charge in [0.25, 0.3) is 0 Å². The van der Waals surface area contributed by atoms with E-state index in [0.717, 1.165) is 24.8 Å². The summed E-state index contributed by atoms with van der Waals surface area (Å²) < 4.78 is 10.8. The van der Waals surface area contributed by atoms with E-state index in [-0.39, 0.29) is 12.1 Å². The van der Waals surface area contributed by atoms with Crippen LogP contribution in [0.3, 0.4) is 0 Å². The normalized spacial score (nSPS) is 16.5. The van der Waals surface area contributed by atoms with Crippen LogP contribution < -0.4 is 10.1 Å². The first-order valence-electron chi connectivity index (χ1n) is 9.46. The summed E-state index contributed by atoms with van der Waals surface area (Å²) in [6, 6.07) is 14.1. The molecule has 0 spiro atoms. The first-order chi connectivity index (χ1) is 14.2. The Balaban J connectivity index is 1.55. The molecule has 1 saturated heterocycles. The van der Waals surface area contributed by atoms with Crippen LogP contribution in [0, 0.1) is 0 Å². The molecule has 1 aliphatic heterocycles. The van der Waals surface area contributed by atoms with Crippen molar-refractivity contribution < 1.29 is 14.1 Å². The Bertz CT molecular complexity index is 1010. The van der Waals surface area contributed by atoms with Crippen LogP contribution in [-0.4, -0.2) is 34.7 Å². The first kappa shape index (κ1) is 19.3. The van der Waals surface area contributed by atoms with Crippen molar-refractivity contribution in [3.8, 4) is 17.1 Å². The maximum absolute atomic E-state index is 13.0. The van der Waals surface area contributed by atoms with Gasteiger partial charge in [0.2, 0.25) is 11.7 Å². The van der Waals surface area contributed by atoms with Gasteiger partial charge in [-0.05, 0) is 43.5 Å². The van der Waals surface area contributed by atoms with E-state index in [9.17, 15) is 4.79 Å². The minimum Gasteiger partial charge on any atom is -0.495 e. The zero-order valence-corrected chi connectivity index (χ0v) is 16.7. The summed E-state index contributed by atoms with van der Waals surface area (Å²) in [5.41, 5.74) is 1.39. The van der Waals surface area contributed by atoms with Crippen LogP contribution in [0.15, 0.2) is 53.1 Å². The summed E-state index contributed by atoms with van der Waals surface area (Å²) in [5, 5.41) is 7.62. The number of anilines is 1. The lowest BCUT2D eigenvalue weighted by atomic mass is 10.0. The number of amides is 2. The predicted octanol–water partition coefficient (Wildman–Crippen LogP) is 5.16. The van der Waals surface area contributed by atoms with Gasteiger partial charge in [-0.15, -0.1) is 0 Å². The monoisotopic (exact) mass is 412 g/mol. The SMILES string of the molecule is COc1ccccc1NC(=O)N1CCCCC1c1nc(-c2cccc(Cl)c2)no1. The Kier molecular flexibility index (Phi) is 5.67. The Morgan fingerprint density at radius 2 is 2.10 bits per heavy atom. The highest BCUT2D eigenvalue weighted by atomic mass is 35.5. The van der Waals surface area contributed by atoms with Gasteiger partial charge in [0.05, 0.1) is 12.8 Å². The van der Waals surface area contributed by atoms with Gasteiger partial charge < -0.3 is 19.5 Å². The number of para-hydroxylation sites is 2. The highest BCUT2D eigenvalue weighted by molar-refractivity contribution is 6.30. The van der Waals surface area contributed by atoms with Gasteiger partial charge in [0.15, 0.2) is 0 Å². The molecule has 1 fully saturated rings. The van der Waals surface area contributed by atoms with E-state index in [0.29, 0.717) is 34.7 Å². The number of likely N-dealkylation sites (tertiary alicyclic amines) is 1. The summed E-state index contributed by atoms with van der Waals surface area (Å²) in [7, 11) is 1.57. The van der Waals surface area contributed by atoms with Crippen LogP contribution in [0.4, 0.5) is 10.5 Å². The number of piperidine rings is 1. The summed E-state index contributed by atoms with van der Waals surface area (Å²) >= 11 is 6.06. The molecule has 2 heterocycles. The number of ether oxygens (including phenoxy) is 1. The molecule has 0 bridgehead atoms. The number of rotatable bonds is 4. The molecule has 7 nitrogen and oxygen atoms in total. The van der Waals surface area contributed by atoms with Crippen molar-refractivity contribution in [2.24, 2.45) is 0 Å². The van der Waals surface area contributed by atoms with Crippen LogP contribution in [0.1, 0.15) is 31.2 Å². The van der Waals surface area contributed by atoms with Crippen LogP contribution in [0.2, 0.25) is 5.02 Å². The van der Waals surface area contributed by atoms with Gasteiger partial charge in [0, 0.05) is 17.1 Å².